The van der Waals surface area contributed by atoms with Crippen molar-refractivity contribution in [1.29, 1.82) is 0 Å². The van der Waals surface area contributed by atoms with Gasteiger partial charge in [-0.25, -0.2) is 0 Å². The molecule has 3 aliphatic carbocycles. The summed E-state index contributed by atoms with van der Waals surface area (Å²) in [6.45, 7) is 3.06. The molecule has 0 aliphatic heterocycles. The zero-order valence-corrected chi connectivity index (χ0v) is 13.6. The van der Waals surface area contributed by atoms with Crippen LogP contribution in [-0.4, -0.2) is 14.9 Å². The molecule has 4 heteroatoms. The highest BCUT2D eigenvalue weighted by atomic mass is 79.9. The molecule has 5 atom stereocenters. The fourth-order valence-corrected chi connectivity index (χ4v) is 6.20. The van der Waals surface area contributed by atoms with Crippen LogP contribution in [-0.2, 0) is 12.1 Å². The largest absolute Gasteiger partial charge is 0.383 e. The molecule has 1 N–H and O–H groups in total. The predicted octanol–water partition coefficient (Wildman–Crippen LogP) is 3.70. The number of fused-ring (bicyclic) bond motifs is 5. The van der Waals surface area contributed by atoms with E-state index in [4.69, 9.17) is 0 Å². The van der Waals surface area contributed by atoms with Gasteiger partial charge >= 0.3 is 0 Å². The summed E-state index contributed by atoms with van der Waals surface area (Å²) in [5.74, 6) is 2.87. The van der Waals surface area contributed by atoms with Crippen molar-refractivity contribution >= 4 is 15.9 Å². The predicted molar refractivity (Wildman–Crippen MR) is 81.2 cm³/mol. The molecule has 0 aromatic carbocycles. The van der Waals surface area contributed by atoms with Crippen LogP contribution in [0.25, 0.3) is 0 Å². The molecule has 0 radical (unpaired) electrons. The van der Waals surface area contributed by atoms with Crippen LogP contribution in [0.2, 0.25) is 0 Å². The minimum Gasteiger partial charge on any atom is -0.383 e. The molecule has 1 aromatic heterocycles. The summed E-state index contributed by atoms with van der Waals surface area (Å²) in [5.41, 5.74) is 0.415. The summed E-state index contributed by atoms with van der Waals surface area (Å²) in [4.78, 5) is 0. The lowest BCUT2D eigenvalue weighted by Gasteiger charge is -2.39. The van der Waals surface area contributed by atoms with Gasteiger partial charge in [0.1, 0.15) is 5.60 Å². The monoisotopic (exact) mass is 338 g/mol. The highest BCUT2D eigenvalue weighted by molar-refractivity contribution is 9.10. The van der Waals surface area contributed by atoms with E-state index >= 15 is 0 Å². The Bertz CT molecular complexity index is 529. The highest BCUT2D eigenvalue weighted by Crippen LogP contribution is 2.65. The molecule has 4 rings (SSSR count). The third-order valence-corrected chi connectivity index (χ3v) is 6.71. The van der Waals surface area contributed by atoms with Crippen LogP contribution < -0.4 is 0 Å². The number of aromatic nitrogens is 2. The first-order valence-corrected chi connectivity index (χ1v) is 8.88. The summed E-state index contributed by atoms with van der Waals surface area (Å²) in [6.07, 6.45) is 9.19. The van der Waals surface area contributed by atoms with Gasteiger partial charge in [-0.15, -0.1) is 0 Å². The number of nitrogens with zero attached hydrogens (tertiary/aromatic N) is 2. The quantitative estimate of drug-likeness (QED) is 0.912. The van der Waals surface area contributed by atoms with Crippen molar-refractivity contribution in [3.63, 3.8) is 0 Å². The second-order valence-corrected chi connectivity index (χ2v) is 7.91. The maximum Gasteiger partial charge on any atom is 0.111 e. The minimum absolute atomic E-state index is 0.462. The van der Waals surface area contributed by atoms with E-state index in [9.17, 15) is 5.11 Å². The molecule has 0 spiro atoms. The van der Waals surface area contributed by atoms with Gasteiger partial charge in [-0.3, -0.25) is 4.68 Å². The Balaban J connectivity index is 1.74. The van der Waals surface area contributed by atoms with Crippen LogP contribution in [0.1, 0.15) is 51.1 Å². The van der Waals surface area contributed by atoms with Gasteiger partial charge in [-0.2, -0.15) is 5.10 Å². The van der Waals surface area contributed by atoms with Crippen molar-refractivity contribution < 1.29 is 5.11 Å². The summed E-state index contributed by atoms with van der Waals surface area (Å²) in [7, 11) is 0. The van der Waals surface area contributed by atoms with E-state index in [2.05, 4.69) is 28.0 Å². The van der Waals surface area contributed by atoms with Crippen molar-refractivity contribution in [2.45, 2.75) is 57.6 Å². The Morgan fingerprint density at radius 1 is 1.45 bits per heavy atom. The van der Waals surface area contributed by atoms with Crippen LogP contribution in [0.5, 0.6) is 0 Å². The van der Waals surface area contributed by atoms with E-state index in [0.717, 1.165) is 47.3 Å². The summed E-state index contributed by atoms with van der Waals surface area (Å²) in [5, 5.41) is 16.0. The molecule has 3 nitrogen and oxygen atoms in total. The van der Waals surface area contributed by atoms with Crippen LogP contribution in [0.15, 0.2) is 10.7 Å². The Morgan fingerprint density at radius 2 is 2.25 bits per heavy atom. The van der Waals surface area contributed by atoms with Gasteiger partial charge in [0.15, 0.2) is 0 Å². The minimum atomic E-state index is -0.638. The average Bonchev–Trinajstić information content (AvgIpc) is 3.10. The number of aliphatic hydroxyl groups is 1. The Labute approximate surface area is 128 Å². The fourth-order valence-electron chi connectivity index (χ4n) is 5.56. The van der Waals surface area contributed by atoms with E-state index in [0.29, 0.717) is 5.92 Å². The molecule has 1 heterocycles. The fraction of sp³-hybridized carbons (Fsp3) is 0.812. The van der Waals surface area contributed by atoms with E-state index < -0.39 is 5.60 Å². The van der Waals surface area contributed by atoms with E-state index in [1.807, 2.05) is 10.9 Å². The van der Waals surface area contributed by atoms with Crippen LogP contribution in [0.3, 0.4) is 0 Å². The first-order chi connectivity index (χ1) is 9.65. The lowest BCUT2D eigenvalue weighted by atomic mass is 9.71. The second kappa shape index (κ2) is 4.57. The lowest BCUT2D eigenvalue weighted by Crippen LogP contribution is -2.41. The Hall–Kier alpha value is -0.350. The second-order valence-electron chi connectivity index (χ2n) is 7.05. The molecule has 3 aliphatic rings. The first kappa shape index (κ1) is 13.3. The molecule has 1 aromatic rings. The molecule has 5 unspecified atom stereocenters. The zero-order valence-electron chi connectivity index (χ0n) is 12.1. The molecule has 3 fully saturated rings. The molecular formula is C16H23BrN2O. The molecule has 0 amide bonds. The van der Waals surface area contributed by atoms with Crippen LogP contribution in [0.4, 0.5) is 0 Å². The standard InChI is InChI=1S/C16H23BrN2O/c1-2-6-19-15(14(17)9-18-19)16(20)8-10-7-13(16)12-5-3-4-11(10)12/h9-13,20H,2-8H2,1H3. The van der Waals surface area contributed by atoms with Crippen LogP contribution in [0, 0.1) is 23.7 Å². The van der Waals surface area contributed by atoms with Gasteiger partial charge in [0, 0.05) is 6.54 Å². The maximum atomic E-state index is 11.5. The molecule has 20 heavy (non-hydrogen) atoms. The van der Waals surface area contributed by atoms with Gasteiger partial charge < -0.3 is 5.11 Å². The number of hydrogen-bond donors (Lipinski definition) is 1. The summed E-state index contributed by atoms with van der Waals surface area (Å²) in [6, 6.07) is 0. The maximum absolute atomic E-state index is 11.5. The molecule has 0 saturated heterocycles. The number of aryl methyl sites for hydroxylation is 1. The van der Waals surface area contributed by atoms with Crippen molar-refractivity contribution in [1.82, 2.24) is 9.78 Å². The van der Waals surface area contributed by atoms with Gasteiger partial charge in [0.2, 0.25) is 0 Å². The van der Waals surface area contributed by atoms with Crippen molar-refractivity contribution in [3.05, 3.63) is 16.4 Å². The molecular weight excluding hydrogens is 316 g/mol. The first-order valence-electron chi connectivity index (χ1n) is 8.09. The third-order valence-electron chi connectivity index (χ3n) is 6.13. The number of rotatable bonds is 3. The zero-order chi connectivity index (χ0) is 13.9. The van der Waals surface area contributed by atoms with Gasteiger partial charge in [-0.1, -0.05) is 13.3 Å². The lowest BCUT2D eigenvalue weighted by molar-refractivity contribution is -0.0585. The van der Waals surface area contributed by atoms with Gasteiger partial charge in [-0.05, 0) is 71.7 Å². The Kier molecular flexibility index (Phi) is 3.05. The molecule has 2 bridgehead atoms. The van der Waals surface area contributed by atoms with Gasteiger partial charge in [0.25, 0.3) is 0 Å². The topological polar surface area (TPSA) is 38.0 Å². The van der Waals surface area contributed by atoms with Crippen molar-refractivity contribution in [2.75, 3.05) is 0 Å². The average molecular weight is 339 g/mol. The summed E-state index contributed by atoms with van der Waals surface area (Å²) < 4.78 is 3.03. The third kappa shape index (κ3) is 1.64. The molecule has 110 valence electrons. The van der Waals surface area contributed by atoms with E-state index in [-0.39, 0.29) is 0 Å². The van der Waals surface area contributed by atoms with E-state index in [1.54, 1.807) is 0 Å². The van der Waals surface area contributed by atoms with E-state index in [1.165, 1.54) is 25.7 Å². The summed E-state index contributed by atoms with van der Waals surface area (Å²) >= 11 is 3.63. The normalized spacial score (nSPS) is 42.4. The number of halogens is 1. The van der Waals surface area contributed by atoms with Crippen molar-refractivity contribution in [3.8, 4) is 0 Å². The smallest absolute Gasteiger partial charge is 0.111 e. The SMILES string of the molecule is CCCn1ncc(Br)c1C1(O)CC2CC1C1CCCC21. The van der Waals surface area contributed by atoms with Crippen LogP contribution >= 0.6 is 15.9 Å². The van der Waals surface area contributed by atoms with Crippen molar-refractivity contribution in [2.24, 2.45) is 23.7 Å². The highest BCUT2D eigenvalue weighted by Gasteiger charge is 2.62. The molecule has 3 saturated carbocycles. The van der Waals surface area contributed by atoms with Gasteiger partial charge in [0.05, 0.1) is 16.4 Å². The Morgan fingerprint density at radius 3 is 3.05 bits per heavy atom. The number of hydrogen-bond acceptors (Lipinski definition) is 2.